The zero-order valence-corrected chi connectivity index (χ0v) is 14.7. The van der Waals surface area contributed by atoms with E-state index in [-0.39, 0.29) is 0 Å². The Morgan fingerprint density at radius 2 is 1.77 bits per heavy atom. The van der Waals surface area contributed by atoms with Crippen molar-refractivity contribution in [2.75, 3.05) is 33.4 Å². The topological polar surface area (TPSA) is 25.4 Å². The first-order valence-corrected chi connectivity index (χ1v) is 8.32. The van der Waals surface area contributed by atoms with Crippen molar-refractivity contribution in [3.05, 3.63) is 41.6 Å². The van der Waals surface area contributed by atoms with Gasteiger partial charge in [-0.05, 0) is 38.1 Å². The molecule has 3 nitrogen and oxygen atoms in total. The van der Waals surface area contributed by atoms with Crippen LogP contribution in [0.3, 0.4) is 0 Å². The van der Waals surface area contributed by atoms with Crippen LogP contribution in [-0.2, 0) is 11.2 Å². The van der Waals surface area contributed by atoms with Crippen LogP contribution in [0, 0.1) is 6.92 Å². The number of rotatable bonds is 1. The number of nitrogens with zero attached hydrogens (tertiary/aromatic N) is 2. The largest absolute Gasteiger partial charge is 0.379 e. The SMILES string of the molecule is CC.CCc1cc(C)nc2ccccc12.CN1CCOCC1. The molecule has 1 aliphatic heterocycles. The quantitative estimate of drug-likeness (QED) is 0.793. The van der Waals surface area contributed by atoms with Gasteiger partial charge < -0.3 is 9.64 Å². The summed E-state index contributed by atoms with van der Waals surface area (Å²) in [4.78, 5) is 6.75. The number of hydrogen-bond donors (Lipinski definition) is 0. The monoisotopic (exact) mass is 302 g/mol. The minimum absolute atomic E-state index is 0.913. The molecule has 1 saturated heterocycles. The number of fused-ring (bicyclic) bond motifs is 1. The molecule has 0 bridgehead atoms. The first-order chi connectivity index (χ1) is 10.7. The van der Waals surface area contributed by atoms with Gasteiger partial charge in [0.2, 0.25) is 0 Å². The molecule has 0 amide bonds. The number of para-hydroxylation sites is 1. The smallest absolute Gasteiger partial charge is 0.0707 e. The standard InChI is InChI=1S/C12H13N.C5H11NO.C2H6/c1-3-10-8-9(2)13-12-7-5-4-6-11(10)12;1-6-2-4-7-5-3-6;1-2/h4-8H,3H2,1-2H3;2-5H2,1H3;1-2H3. The summed E-state index contributed by atoms with van der Waals surface area (Å²) in [6.45, 7) is 12.2. The van der Waals surface area contributed by atoms with E-state index in [9.17, 15) is 0 Å². The summed E-state index contributed by atoms with van der Waals surface area (Å²) in [6.07, 6.45) is 1.07. The molecule has 1 aromatic heterocycles. The molecule has 22 heavy (non-hydrogen) atoms. The Morgan fingerprint density at radius 1 is 1.14 bits per heavy atom. The minimum atomic E-state index is 0.913. The van der Waals surface area contributed by atoms with Gasteiger partial charge in [-0.1, -0.05) is 39.0 Å². The lowest BCUT2D eigenvalue weighted by molar-refractivity contribution is 0.0503. The highest BCUT2D eigenvalue weighted by molar-refractivity contribution is 5.82. The Labute approximate surface area is 135 Å². The molecule has 0 radical (unpaired) electrons. The summed E-state index contributed by atoms with van der Waals surface area (Å²) >= 11 is 0. The molecule has 0 atom stereocenters. The van der Waals surface area contributed by atoms with Crippen molar-refractivity contribution < 1.29 is 4.74 Å². The van der Waals surface area contributed by atoms with E-state index in [0.29, 0.717) is 0 Å². The molecule has 3 heteroatoms. The maximum absolute atomic E-state index is 5.10. The average molecular weight is 302 g/mol. The van der Waals surface area contributed by atoms with Gasteiger partial charge in [-0.15, -0.1) is 0 Å². The molecule has 3 rings (SSSR count). The van der Waals surface area contributed by atoms with Crippen LogP contribution in [0.2, 0.25) is 0 Å². The number of morpholine rings is 1. The van der Waals surface area contributed by atoms with Crippen molar-refractivity contribution in [2.45, 2.75) is 34.1 Å². The summed E-state index contributed by atoms with van der Waals surface area (Å²) in [5.41, 5.74) is 3.61. The molecular formula is C19H30N2O. The van der Waals surface area contributed by atoms with E-state index in [4.69, 9.17) is 4.74 Å². The number of hydrogen-bond acceptors (Lipinski definition) is 3. The number of ether oxygens (including phenoxy) is 1. The number of aromatic nitrogens is 1. The van der Waals surface area contributed by atoms with Gasteiger partial charge in [-0.2, -0.15) is 0 Å². The molecule has 0 N–H and O–H groups in total. The fourth-order valence-electron chi connectivity index (χ4n) is 2.34. The molecule has 0 aliphatic carbocycles. The first kappa shape index (κ1) is 18.6. The highest BCUT2D eigenvalue weighted by Crippen LogP contribution is 2.18. The van der Waals surface area contributed by atoms with Crippen molar-refractivity contribution >= 4 is 10.9 Å². The number of aryl methyl sites for hydroxylation is 2. The van der Waals surface area contributed by atoms with Gasteiger partial charge in [0.25, 0.3) is 0 Å². The predicted molar refractivity (Wildman–Crippen MR) is 95.5 cm³/mol. The van der Waals surface area contributed by atoms with Crippen LogP contribution in [0.1, 0.15) is 32.0 Å². The fraction of sp³-hybridized carbons (Fsp3) is 0.526. The van der Waals surface area contributed by atoms with Crippen LogP contribution < -0.4 is 0 Å². The molecule has 0 unspecified atom stereocenters. The predicted octanol–water partition coefficient (Wildman–Crippen LogP) is 4.08. The van der Waals surface area contributed by atoms with Crippen LogP contribution in [0.5, 0.6) is 0 Å². The van der Waals surface area contributed by atoms with Gasteiger partial charge in [0.15, 0.2) is 0 Å². The Hall–Kier alpha value is -1.45. The van der Waals surface area contributed by atoms with E-state index in [2.05, 4.69) is 48.1 Å². The number of pyridine rings is 1. The second-order valence-electron chi connectivity index (χ2n) is 5.21. The molecule has 122 valence electrons. The highest BCUT2D eigenvalue weighted by Gasteiger charge is 2.02. The Balaban J connectivity index is 0.000000228. The minimum Gasteiger partial charge on any atom is -0.379 e. The van der Waals surface area contributed by atoms with Crippen LogP contribution in [-0.4, -0.2) is 43.2 Å². The zero-order chi connectivity index (χ0) is 16.4. The Bertz CT molecular complexity index is 548. The maximum atomic E-state index is 5.10. The van der Waals surface area contributed by atoms with Gasteiger partial charge in [-0.3, -0.25) is 4.98 Å². The highest BCUT2D eigenvalue weighted by atomic mass is 16.5. The third-order valence-electron chi connectivity index (χ3n) is 3.55. The third-order valence-corrected chi connectivity index (χ3v) is 3.55. The number of likely N-dealkylation sites (N-methyl/N-ethyl adjacent to an activating group) is 1. The lowest BCUT2D eigenvalue weighted by Gasteiger charge is -2.21. The van der Waals surface area contributed by atoms with E-state index >= 15 is 0 Å². The Morgan fingerprint density at radius 3 is 2.32 bits per heavy atom. The van der Waals surface area contributed by atoms with Crippen molar-refractivity contribution in [2.24, 2.45) is 0 Å². The van der Waals surface area contributed by atoms with E-state index in [0.717, 1.165) is 43.9 Å². The molecule has 0 saturated carbocycles. The van der Waals surface area contributed by atoms with Crippen molar-refractivity contribution in [1.29, 1.82) is 0 Å². The first-order valence-electron chi connectivity index (χ1n) is 8.32. The molecular weight excluding hydrogens is 272 g/mol. The normalized spacial score (nSPS) is 14.6. The van der Waals surface area contributed by atoms with E-state index < -0.39 is 0 Å². The molecule has 1 aromatic carbocycles. The van der Waals surface area contributed by atoms with Crippen LogP contribution in [0.25, 0.3) is 10.9 Å². The summed E-state index contributed by atoms with van der Waals surface area (Å²) in [7, 11) is 2.11. The molecule has 1 aliphatic rings. The summed E-state index contributed by atoms with van der Waals surface area (Å²) in [5, 5.41) is 1.29. The van der Waals surface area contributed by atoms with Gasteiger partial charge >= 0.3 is 0 Å². The summed E-state index contributed by atoms with van der Waals surface area (Å²) in [5.74, 6) is 0. The van der Waals surface area contributed by atoms with Crippen molar-refractivity contribution in [3.8, 4) is 0 Å². The molecule has 2 aromatic rings. The lowest BCUT2D eigenvalue weighted by Crippen LogP contribution is -2.32. The van der Waals surface area contributed by atoms with Crippen molar-refractivity contribution in [1.82, 2.24) is 9.88 Å². The van der Waals surface area contributed by atoms with Crippen LogP contribution in [0.4, 0.5) is 0 Å². The van der Waals surface area contributed by atoms with Gasteiger partial charge in [-0.25, -0.2) is 0 Å². The van der Waals surface area contributed by atoms with Crippen molar-refractivity contribution in [3.63, 3.8) is 0 Å². The summed E-state index contributed by atoms with van der Waals surface area (Å²) in [6, 6.07) is 10.5. The van der Waals surface area contributed by atoms with Gasteiger partial charge in [0.1, 0.15) is 0 Å². The van der Waals surface area contributed by atoms with Crippen LogP contribution in [0.15, 0.2) is 30.3 Å². The number of benzene rings is 1. The van der Waals surface area contributed by atoms with E-state index in [1.165, 1.54) is 10.9 Å². The van der Waals surface area contributed by atoms with E-state index in [1.54, 1.807) is 0 Å². The third kappa shape index (κ3) is 5.74. The van der Waals surface area contributed by atoms with Gasteiger partial charge in [0.05, 0.1) is 18.7 Å². The fourth-order valence-corrected chi connectivity index (χ4v) is 2.34. The van der Waals surface area contributed by atoms with Crippen LogP contribution >= 0.6 is 0 Å². The second-order valence-corrected chi connectivity index (χ2v) is 5.21. The molecule has 0 spiro atoms. The Kier molecular flexibility index (Phi) is 8.71. The second kappa shape index (κ2) is 10.3. The van der Waals surface area contributed by atoms with Gasteiger partial charge in [0, 0.05) is 24.2 Å². The molecule has 2 heterocycles. The van der Waals surface area contributed by atoms with E-state index in [1.807, 2.05) is 26.8 Å². The average Bonchev–Trinajstić information content (AvgIpc) is 2.57. The molecule has 1 fully saturated rings. The lowest BCUT2D eigenvalue weighted by atomic mass is 10.1. The zero-order valence-electron chi connectivity index (χ0n) is 14.7. The maximum Gasteiger partial charge on any atom is 0.0707 e. The summed E-state index contributed by atoms with van der Waals surface area (Å²) < 4.78 is 5.10.